The quantitative estimate of drug-likeness (QED) is 0.550. The molecule has 0 saturated carbocycles. The number of carboxylic acid groups (broad SMARTS) is 1. The Balaban J connectivity index is 1.66. The zero-order valence-corrected chi connectivity index (χ0v) is 18.6. The standard InChI is InChI=1S/C25H30N2O5/c1-15(2)12-13-22(23(28)26-16(3)24(29)30)27-25(31)32-14-21-19-10-6-4-8-17(19)18-9-5-7-11-20(18)21/h4-11,15-16,21-22H,12-14H2,1-3H3,(H,26,28)(H,27,31)(H,29,30)/t16-,22?/m0/s1. The maximum atomic E-state index is 12.6. The highest BCUT2D eigenvalue weighted by Crippen LogP contribution is 2.44. The Hall–Kier alpha value is -3.35. The van der Waals surface area contributed by atoms with Crippen molar-refractivity contribution in [1.29, 1.82) is 0 Å². The Morgan fingerprint density at radius 2 is 1.47 bits per heavy atom. The predicted octanol–water partition coefficient (Wildman–Crippen LogP) is 3.92. The van der Waals surface area contributed by atoms with Gasteiger partial charge >= 0.3 is 12.1 Å². The molecule has 0 aliphatic heterocycles. The van der Waals surface area contributed by atoms with Crippen molar-refractivity contribution in [3.63, 3.8) is 0 Å². The van der Waals surface area contributed by atoms with Crippen molar-refractivity contribution in [2.24, 2.45) is 5.92 Å². The van der Waals surface area contributed by atoms with Crippen LogP contribution in [-0.2, 0) is 14.3 Å². The van der Waals surface area contributed by atoms with Crippen LogP contribution in [0.15, 0.2) is 48.5 Å². The van der Waals surface area contributed by atoms with E-state index in [9.17, 15) is 14.4 Å². The average Bonchev–Trinajstić information content (AvgIpc) is 3.08. The number of alkyl carbamates (subject to hydrolysis) is 1. The molecule has 0 fully saturated rings. The smallest absolute Gasteiger partial charge is 0.407 e. The zero-order valence-electron chi connectivity index (χ0n) is 18.6. The first-order chi connectivity index (χ1) is 15.3. The van der Waals surface area contributed by atoms with Crippen LogP contribution in [0.4, 0.5) is 4.79 Å². The van der Waals surface area contributed by atoms with Gasteiger partial charge in [0.05, 0.1) is 0 Å². The lowest BCUT2D eigenvalue weighted by Crippen LogP contribution is -2.51. The van der Waals surface area contributed by atoms with Crippen molar-refractivity contribution < 1.29 is 24.2 Å². The Bertz CT molecular complexity index is 942. The van der Waals surface area contributed by atoms with Crippen LogP contribution in [-0.4, -0.2) is 41.8 Å². The van der Waals surface area contributed by atoms with Crippen LogP contribution in [0.1, 0.15) is 50.7 Å². The SMILES string of the molecule is CC(C)CCC(NC(=O)OCC1c2ccccc2-c2ccccc21)C(=O)N[C@@H](C)C(=O)O. The van der Waals surface area contributed by atoms with E-state index in [1.807, 2.05) is 50.2 Å². The molecule has 3 N–H and O–H groups in total. The lowest BCUT2D eigenvalue weighted by Gasteiger charge is -2.21. The summed E-state index contributed by atoms with van der Waals surface area (Å²) in [5, 5.41) is 14.1. The minimum Gasteiger partial charge on any atom is -0.480 e. The maximum absolute atomic E-state index is 12.6. The summed E-state index contributed by atoms with van der Waals surface area (Å²) < 4.78 is 5.53. The fourth-order valence-corrected chi connectivity index (χ4v) is 3.93. The molecule has 0 heterocycles. The number of carbonyl (C=O) groups is 3. The van der Waals surface area contributed by atoms with Gasteiger partial charge in [0.15, 0.2) is 0 Å². The summed E-state index contributed by atoms with van der Waals surface area (Å²) in [6, 6.07) is 14.2. The van der Waals surface area contributed by atoms with Crippen LogP contribution < -0.4 is 10.6 Å². The maximum Gasteiger partial charge on any atom is 0.407 e. The molecule has 7 heteroatoms. The number of benzene rings is 2. The van der Waals surface area contributed by atoms with Gasteiger partial charge in [-0.25, -0.2) is 4.79 Å². The van der Waals surface area contributed by atoms with Crippen LogP contribution in [0, 0.1) is 5.92 Å². The second kappa shape index (κ2) is 10.3. The van der Waals surface area contributed by atoms with Crippen molar-refractivity contribution in [3.05, 3.63) is 59.7 Å². The number of hydrogen-bond donors (Lipinski definition) is 3. The van der Waals surface area contributed by atoms with Crippen LogP contribution in [0.3, 0.4) is 0 Å². The molecule has 0 bridgehead atoms. The summed E-state index contributed by atoms with van der Waals surface area (Å²) in [5.41, 5.74) is 4.47. The van der Waals surface area contributed by atoms with E-state index in [2.05, 4.69) is 22.8 Å². The van der Waals surface area contributed by atoms with Crippen LogP contribution >= 0.6 is 0 Å². The number of aliphatic carboxylic acids is 1. The summed E-state index contributed by atoms with van der Waals surface area (Å²) in [7, 11) is 0. The number of hydrogen-bond acceptors (Lipinski definition) is 4. The molecular weight excluding hydrogens is 408 g/mol. The first kappa shape index (κ1) is 23.3. The fraction of sp³-hybridized carbons (Fsp3) is 0.400. The highest BCUT2D eigenvalue weighted by Gasteiger charge is 2.30. The zero-order chi connectivity index (χ0) is 23.3. The van der Waals surface area contributed by atoms with Crippen molar-refractivity contribution in [2.75, 3.05) is 6.61 Å². The van der Waals surface area contributed by atoms with E-state index >= 15 is 0 Å². The third kappa shape index (κ3) is 5.46. The van der Waals surface area contributed by atoms with Crippen molar-refractivity contribution in [2.45, 2.75) is 51.6 Å². The molecule has 1 unspecified atom stereocenters. The number of rotatable bonds is 9. The molecular formula is C25H30N2O5. The molecule has 3 rings (SSSR count). The lowest BCUT2D eigenvalue weighted by atomic mass is 9.98. The largest absolute Gasteiger partial charge is 0.480 e. The molecule has 2 aromatic rings. The Labute approximate surface area is 188 Å². The molecule has 2 amide bonds. The van der Waals surface area contributed by atoms with Gasteiger partial charge in [-0.15, -0.1) is 0 Å². The van der Waals surface area contributed by atoms with Gasteiger partial charge in [0.2, 0.25) is 5.91 Å². The van der Waals surface area contributed by atoms with E-state index in [0.29, 0.717) is 18.8 Å². The van der Waals surface area contributed by atoms with E-state index in [1.165, 1.54) is 6.92 Å². The number of amides is 2. The van der Waals surface area contributed by atoms with Gasteiger partial charge < -0.3 is 20.5 Å². The number of ether oxygens (including phenoxy) is 1. The first-order valence-electron chi connectivity index (χ1n) is 10.9. The molecule has 0 saturated heterocycles. The van der Waals surface area contributed by atoms with E-state index in [1.54, 1.807) is 0 Å². The normalized spacial score (nSPS) is 14.2. The van der Waals surface area contributed by atoms with Crippen LogP contribution in [0.5, 0.6) is 0 Å². The summed E-state index contributed by atoms with van der Waals surface area (Å²) >= 11 is 0. The molecule has 2 atom stereocenters. The molecule has 0 radical (unpaired) electrons. The van der Waals surface area contributed by atoms with E-state index in [4.69, 9.17) is 9.84 Å². The molecule has 170 valence electrons. The van der Waals surface area contributed by atoms with Gasteiger partial charge in [-0.3, -0.25) is 9.59 Å². The molecule has 1 aliphatic carbocycles. The molecule has 32 heavy (non-hydrogen) atoms. The Kier molecular flexibility index (Phi) is 7.51. The fourth-order valence-electron chi connectivity index (χ4n) is 3.93. The van der Waals surface area contributed by atoms with Gasteiger partial charge in [-0.05, 0) is 47.9 Å². The summed E-state index contributed by atoms with van der Waals surface area (Å²) in [6.07, 6.45) is 0.391. The molecule has 1 aliphatic rings. The first-order valence-corrected chi connectivity index (χ1v) is 10.9. The third-order valence-electron chi connectivity index (χ3n) is 5.71. The molecule has 2 aromatic carbocycles. The van der Waals surface area contributed by atoms with Crippen molar-refractivity contribution in [1.82, 2.24) is 10.6 Å². The second-order valence-corrected chi connectivity index (χ2v) is 8.56. The summed E-state index contributed by atoms with van der Waals surface area (Å²) in [6.45, 7) is 5.56. The molecule has 0 spiro atoms. The topological polar surface area (TPSA) is 105 Å². The van der Waals surface area contributed by atoms with Crippen LogP contribution in [0.25, 0.3) is 11.1 Å². The minimum atomic E-state index is -1.14. The van der Waals surface area contributed by atoms with Crippen molar-refractivity contribution >= 4 is 18.0 Å². The highest BCUT2D eigenvalue weighted by molar-refractivity contribution is 5.89. The number of fused-ring (bicyclic) bond motifs is 3. The van der Waals surface area contributed by atoms with Crippen LogP contribution in [0.2, 0.25) is 0 Å². The van der Waals surface area contributed by atoms with E-state index in [-0.39, 0.29) is 12.5 Å². The van der Waals surface area contributed by atoms with Gasteiger partial charge in [-0.2, -0.15) is 0 Å². The number of carboxylic acids is 1. The van der Waals surface area contributed by atoms with Crippen molar-refractivity contribution in [3.8, 4) is 11.1 Å². The van der Waals surface area contributed by atoms with Gasteiger partial charge in [0.25, 0.3) is 0 Å². The minimum absolute atomic E-state index is 0.0804. The van der Waals surface area contributed by atoms with Gasteiger partial charge in [0.1, 0.15) is 18.7 Å². The van der Waals surface area contributed by atoms with Gasteiger partial charge in [0, 0.05) is 5.92 Å². The average molecular weight is 439 g/mol. The predicted molar refractivity (Wildman–Crippen MR) is 121 cm³/mol. The molecule has 0 aromatic heterocycles. The third-order valence-corrected chi connectivity index (χ3v) is 5.71. The van der Waals surface area contributed by atoms with Gasteiger partial charge in [-0.1, -0.05) is 62.4 Å². The lowest BCUT2D eigenvalue weighted by molar-refractivity contribution is -0.141. The second-order valence-electron chi connectivity index (χ2n) is 8.56. The number of nitrogens with one attached hydrogen (secondary N) is 2. The Morgan fingerprint density at radius 1 is 0.906 bits per heavy atom. The number of carbonyl (C=O) groups excluding carboxylic acids is 2. The summed E-state index contributed by atoms with van der Waals surface area (Å²) in [4.78, 5) is 36.2. The summed E-state index contributed by atoms with van der Waals surface area (Å²) in [5.74, 6) is -1.43. The van der Waals surface area contributed by atoms with E-state index in [0.717, 1.165) is 22.3 Å². The Morgan fingerprint density at radius 3 is 2.00 bits per heavy atom. The highest BCUT2D eigenvalue weighted by atomic mass is 16.5. The van der Waals surface area contributed by atoms with E-state index < -0.39 is 30.1 Å². The molecule has 7 nitrogen and oxygen atoms in total. The monoisotopic (exact) mass is 438 g/mol.